The summed E-state index contributed by atoms with van der Waals surface area (Å²) in [4.78, 5) is 2.10. The third-order valence-electron chi connectivity index (χ3n) is 1.93. The molecule has 0 aliphatic carbocycles. The van der Waals surface area contributed by atoms with Crippen LogP contribution in [-0.4, -0.2) is 45.5 Å². The van der Waals surface area contributed by atoms with E-state index in [9.17, 15) is 5.11 Å². The van der Waals surface area contributed by atoms with E-state index in [-0.39, 0.29) is 0 Å². The average molecular weight is 197 g/mol. The highest BCUT2D eigenvalue weighted by Gasteiger charge is 2.14. The second-order valence-corrected chi connectivity index (χ2v) is 4.32. The van der Waals surface area contributed by atoms with E-state index in [1.54, 1.807) is 6.20 Å². The first-order chi connectivity index (χ1) is 6.47. The summed E-state index contributed by atoms with van der Waals surface area (Å²) < 4.78 is 1.89. The number of rotatable bonds is 5. The molecule has 1 aromatic heterocycles. The van der Waals surface area contributed by atoms with Crippen LogP contribution in [0.15, 0.2) is 18.5 Å². The van der Waals surface area contributed by atoms with E-state index in [0.717, 1.165) is 13.1 Å². The molecule has 0 spiro atoms. The molecule has 0 amide bonds. The van der Waals surface area contributed by atoms with Crippen molar-refractivity contribution in [2.24, 2.45) is 0 Å². The zero-order valence-electron chi connectivity index (χ0n) is 9.14. The Balaban J connectivity index is 2.25. The normalized spacial score (nSPS) is 12.4. The van der Waals surface area contributed by atoms with Gasteiger partial charge in [0.05, 0.1) is 12.1 Å². The molecule has 0 aliphatic rings. The summed E-state index contributed by atoms with van der Waals surface area (Å²) in [6.07, 6.45) is 3.72. The van der Waals surface area contributed by atoms with Gasteiger partial charge in [-0.05, 0) is 27.0 Å². The lowest BCUT2D eigenvalue weighted by molar-refractivity contribution is 0.0435. The third kappa shape index (κ3) is 4.39. The van der Waals surface area contributed by atoms with Gasteiger partial charge in [0, 0.05) is 25.5 Å². The number of nitrogens with zero attached hydrogens (tertiary/aromatic N) is 3. The minimum Gasteiger partial charge on any atom is -0.389 e. The molecule has 0 bridgehead atoms. The van der Waals surface area contributed by atoms with Crippen LogP contribution in [0.3, 0.4) is 0 Å². The summed E-state index contributed by atoms with van der Waals surface area (Å²) in [5.74, 6) is 0. The van der Waals surface area contributed by atoms with Crippen LogP contribution >= 0.6 is 0 Å². The van der Waals surface area contributed by atoms with Crippen molar-refractivity contribution >= 4 is 0 Å². The molecule has 0 fully saturated rings. The Morgan fingerprint density at radius 2 is 2.21 bits per heavy atom. The van der Waals surface area contributed by atoms with E-state index in [2.05, 4.69) is 10.00 Å². The summed E-state index contributed by atoms with van der Waals surface area (Å²) in [6, 6.07) is 1.91. The molecular formula is C10H19N3O. The SMILES string of the molecule is CN(CCn1cccn1)CC(C)(C)O. The minimum atomic E-state index is -0.626. The zero-order chi connectivity index (χ0) is 10.6. The van der Waals surface area contributed by atoms with Crippen molar-refractivity contribution in [3.8, 4) is 0 Å². The Morgan fingerprint density at radius 3 is 2.71 bits per heavy atom. The Bertz CT molecular complexity index is 251. The fourth-order valence-corrected chi connectivity index (χ4v) is 1.45. The molecule has 0 atom stereocenters. The number of aliphatic hydroxyl groups is 1. The van der Waals surface area contributed by atoms with E-state index < -0.39 is 5.60 Å². The van der Waals surface area contributed by atoms with Crippen LogP contribution in [0.2, 0.25) is 0 Å². The van der Waals surface area contributed by atoms with E-state index in [0.29, 0.717) is 6.54 Å². The molecule has 0 aliphatic heterocycles. The summed E-state index contributed by atoms with van der Waals surface area (Å²) in [5, 5.41) is 13.7. The second kappa shape index (κ2) is 4.57. The molecule has 80 valence electrons. The van der Waals surface area contributed by atoms with E-state index >= 15 is 0 Å². The Kier molecular flexibility index (Phi) is 3.66. The molecule has 1 N–H and O–H groups in total. The summed E-state index contributed by atoms with van der Waals surface area (Å²) >= 11 is 0. The summed E-state index contributed by atoms with van der Waals surface area (Å²) in [5.41, 5.74) is -0.626. The molecule has 1 heterocycles. The van der Waals surface area contributed by atoms with Gasteiger partial charge in [-0.3, -0.25) is 4.68 Å². The van der Waals surface area contributed by atoms with Crippen molar-refractivity contribution < 1.29 is 5.11 Å². The van der Waals surface area contributed by atoms with Gasteiger partial charge in [0.1, 0.15) is 0 Å². The van der Waals surface area contributed by atoms with Crippen molar-refractivity contribution in [1.82, 2.24) is 14.7 Å². The molecule has 4 heteroatoms. The zero-order valence-corrected chi connectivity index (χ0v) is 9.14. The van der Waals surface area contributed by atoms with Gasteiger partial charge in [0.25, 0.3) is 0 Å². The van der Waals surface area contributed by atoms with E-state index in [1.165, 1.54) is 0 Å². The molecule has 4 nitrogen and oxygen atoms in total. The standard InChI is InChI=1S/C10H19N3O/c1-10(2,14)9-12(3)7-8-13-6-4-5-11-13/h4-6,14H,7-9H2,1-3H3. The van der Waals surface area contributed by atoms with Crippen LogP contribution in [0, 0.1) is 0 Å². The van der Waals surface area contributed by atoms with Crippen LogP contribution in [0.5, 0.6) is 0 Å². The van der Waals surface area contributed by atoms with Crippen molar-refractivity contribution in [2.75, 3.05) is 20.1 Å². The second-order valence-electron chi connectivity index (χ2n) is 4.32. The fourth-order valence-electron chi connectivity index (χ4n) is 1.45. The van der Waals surface area contributed by atoms with E-state index in [1.807, 2.05) is 37.8 Å². The quantitative estimate of drug-likeness (QED) is 0.751. The van der Waals surface area contributed by atoms with Crippen LogP contribution in [0.4, 0.5) is 0 Å². The third-order valence-corrected chi connectivity index (χ3v) is 1.93. The minimum absolute atomic E-state index is 0.626. The average Bonchev–Trinajstić information content (AvgIpc) is 2.49. The maximum Gasteiger partial charge on any atom is 0.0718 e. The lowest BCUT2D eigenvalue weighted by atomic mass is 10.1. The van der Waals surface area contributed by atoms with Gasteiger partial charge in [-0.15, -0.1) is 0 Å². The maximum absolute atomic E-state index is 9.58. The van der Waals surface area contributed by atoms with Crippen LogP contribution in [0.25, 0.3) is 0 Å². The maximum atomic E-state index is 9.58. The molecule has 0 radical (unpaired) electrons. The van der Waals surface area contributed by atoms with E-state index in [4.69, 9.17) is 0 Å². The number of aromatic nitrogens is 2. The van der Waals surface area contributed by atoms with Crippen LogP contribution in [-0.2, 0) is 6.54 Å². The molecule has 0 saturated heterocycles. The van der Waals surface area contributed by atoms with Gasteiger partial charge in [0.15, 0.2) is 0 Å². The molecular weight excluding hydrogens is 178 g/mol. The highest BCUT2D eigenvalue weighted by atomic mass is 16.3. The van der Waals surface area contributed by atoms with Gasteiger partial charge < -0.3 is 10.0 Å². The first-order valence-electron chi connectivity index (χ1n) is 4.86. The van der Waals surface area contributed by atoms with Gasteiger partial charge in [-0.2, -0.15) is 5.10 Å². The lowest BCUT2D eigenvalue weighted by Crippen LogP contribution is -2.37. The van der Waals surface area contributed by atoms with Crippen molar-refractivity contribution in [2.45, 2.75) is 26.0 Å². The number of hydrogen-bond acceptors (Lipinski definition) is 3. The first-order valence-corrected chi connectivity index (χ1v) is 4.86. The molecule has 14 heavy (non-hydrogen) atoms. The Hall–Kier alpha value is -0.870. The fraction of sp³-hybridized carbons (Fsp3) is 0.700. The summed E-state index contributed by atoms with van der Waals surface area (Å²) in [6.45, 7) is 6.06. The van der Waals surface area contributed by atoms with Crippen molar-refractivity contribution in [3.05, 3.63) is 18.5 Å². The van der Waals surface area contributed by atoms with Gasteiger partial charge in [-0.25, -0.2) is 0 Å². The smallest absolute Gasteiger partial charge is 0.0718 e. The number of likely N-dealkylation sites (N-methyl/N-ethyl adjacent to an activating group) is 1. The van der Waals surface area contributed by atoms with Crippen LogP contribution in [0.1, 0.15) is 13.8 Å². The van der Waals surface area contributed by atoms with Gasteiger partial charge >= 0.3 is 0 Å². The van der Waals surface area contributed by atoms with Gasteiger partial charge in [0.2, 0.25) is 0 Å². The molecule has 0 aromatic carbocycles. The predicted octanol–water partition coefficient (Wildman–Crippen LogP) is 0.586. The first kappa shape index (κ1) is 11.2. The highest BCUT2D eigenvalue weighted by molar-refractivity contribution is 4.78. The molecule has 1 aromatic rings. The number of hydrogen-bond donors (Lipinski definition) is 1. The molecule has 0 saturated carbocycles. The van der Waals surface area contributed by atoms with Crippen molar-refractivity contribution in [1.29, 1.82) is 0 Å². The largest absolute Gasteiger partial charge is 0.389 e. The Labute approximate surface area is 85.1 Å². The topological polar surface area (TPSA) is 41.3 Å². The molecule has 1 rings (SSSR count). The van der Waals surface area contributed by atoms with Crippen LogP contribution < -0.4 is 0 Å². The molecule has 0 unspecified atom stereocenters. The Morgan fingerprint density at radius 1 is 1.50 bits per heavy atom. The van der Waals surface area contributed by atoms with Crippen molar-refractivity contribution in [3.63, 3.8) is 0 Å². The monoisotopic (exact) mass is 197 g/mol. The summed E-state index contributed by atoms with van der Waals surface area (Å²) in [7, 11) is 2.00. The van der Waals surface area contributed by atoms with Gasteiger partial charge in [-0.1, -0.05) is 0 Å². The predicted molar refractivity (Wildman–Crippen MR) is 56.0 cm³/mol. The highest BCUT2D eigenvalue weighted by Crippen LogP contribution is 2.02. The lowest BCUT2D eigenvalue weighted by Gasteiger charge is -2.25.